The minimum absolute atomic E-state index is 0.675. The Kier molecular flexibility index (Phi) is 5.10. The number of benzene rings is 1. The zero-order valence-corrected chi connectivity index (χ0v) is 11.8. The number of halogens is 2. The molecular weight excluding hydrogens is 305 g/mol. The van der Waals surface area contributed by atoms with Gasteiger partial charge < -0.3 is 9.47 Å². The number of nitrogens with zero attached hydrogens (tertiary/aromatic N) is 1. The molecule has 0 radical (unpaired) electrons. The number of rotatable bonds is 4. The minimum Gasteiger partial charge on any atom is -0.492 e. The van der Waals surface area contributed by atoms with Crippen molar-refractivity contribution in [3.63, 3.8) is 0 Å². The SMILES string of the molecule is Clc1cc(OCCN2CCOCC2)ccc1Br. The minimum atomic E-state index is 0.675. The van der Waals surface area contributed by atoms with Crippen molar-refractivity contribution in [2.24, 2.45) is 0 Å². The van der Waals surface area contributed by atoms with Gasteiger partial charge in [0, 0.05) is 24.1 Å². The Labute approximate surface area is 115 Å². The predicted octanol–water partition coefficient (Wildman–Crippen LogP) is 2.81. The van der Waals surface area contributed by atoms with Crippen molar-refractivity contribution >= 4 is 27.5 Å². The van der Waals surface area contributed by atoms with E-state index in [1.807, 2.05) is 18.2 Å². The highest BCUT2D eigenvalue weighted by molar-refractivity contribution is 9.10. The Balaban J connectivity index is 1.75. The lowest BCUT2D eigenvalue weighted by Crippen LogP contribution is -2.38. The largest absolute Gasteiger partial charge is 0.492 e. The van der Waals surface area contributed by atoms with Gasteiger partial charge in [0.15, 0.2) is 0 Å². The fourth-order valence-electron chi connectivity index (χ4n) is 1.68. The Morgan fingerprint density at radius 1 is 1.35 bits per heavy atom. The average molecular weight is 321 g/mol. The molecule has 2 rings (SSSR count). The molecule has 3 nitrogen and oxygen atoms in total. The van der Waals surface area contributed by atoms with E-state index >= 15 is 0 Å². The molecule has 0 saturated carbocycles. The van der Waals surface area contributed by atoms with Gasteiger partial charge in [-0.15, -0.1) is 0 Å². The lowest BCUT2D eigenvalue weighted by atomic mass is 10.3. The molecule has 0 bridgehead atoms. The smallest absolute Gasteiger partial charge is 0.120 e. The first-order valence-electron chi connectivity index (χ1n) is 5.63. The van der Waals surface area contributed by atoms with E-state index in [0.717, 1.165) is 43.1 Å². The molecule has 0 amide bonds. The van der Waals surface area contributed by atoms with Crippen LogP contribution >= 0.6 is 27.5 Å². The third-order valence-corrected chi connectivity index (χ3v) is 3.90. The zero-order valence-electron chi connectivity index (χ0n) is 9.49. The fraction of sp³-hybridized carbons (Fsp3) is 0.500. The van der Waals surface area contributed by atoms with Gasteiger partial charge >= 0.3 is 0 Å². The maximum Gasteiger partial charge on any atom is 0.120 e. The van der Waals surface area contributed by atoms with Crippen LogP contribution in [0.2, 0.25) is 5.02 Å². The van der Waals surface area contributed by atoms with Crippen LogP contribution < -0.4 is 4.74 Å². The van der Waals surface area contributed by atoms with Crippen LogP contribution in [0.25, 0.3) is 0 Å². The van der Waals surface area contributed by atoms with Gasteiger partial charge in [0.2, 0.25) is 0 Å². The fourth-order valence-corrected chi connectivity index (χ4v) is 2.10. The van der Waals surface area contributed by atoms with Crippen LogP contribution in [0.15, 0.2) is 22.7 Å². The first kappa shape index (κ1) is 13.1. The average Bonchev–Trinajstić information content (AvgIpc) is 2.35. The lowest BCUT2D eigenvalue weighted by molar-refractivity contribution is 0.0322. The second kappa shape index (κ2) is 6.59. The van der Waals surface area contributed by atoms with Crippen molar-refractivity contribution in [3.05, 3.63) is 27.7 Å². The normalized spacial score (nSPS) is 17.1. The summed E-state index contributed by atoms with van der Waals surface area (Å²) < 4.78 is 11.8. The summed E-state index contributed by atoms with van der Waals surface area (Å²) in [4.78, 5) is 2.34. The predicted molar refractivity (Wildman–Crippen MR) is 71.9 cm³/mol. The topological polar surface area (TPSA) is 21.7 Å². The second-order valence-electron chi connectivity index (χ2n) is 3.88. The van der Waals surface area contributed by atoms with Crippen molar-refractivity contribution in [1.29, 1.82) is 0 Å². The maximum absolute atomic E-state index is 5.99. The maximum atomic E-state index is 5.99. The van der Waals surface area contributed by atoms with Crippen molar-refractivity contribution < 1.29 is 9.47 Å². The van der Waals surface area contributed by atoms with E-state index in [0.29, 0.717) is 11.6 Å². The van der Waals surface area contributed by atoms with E-state index in [1.165, 1.54) is 0 Å². The van der Waals surface area contributed by atoms with E-state index in [1.54, 1.807) is 0 Å². The molecule has 0 N–H and O–H groups in total. The van der Waals surface area contributed by atoms with Crippen LogP contribution in [0, 0.1) is 0 Å². The van der Waals surface area contributed by atoms with E-state index in [4.69, 9.17) is 21.1 Å². The molecule has 0 spiro atoms. The van der Waals surface area contributed by atoms with Crippen molar-refractivity contribution in [2.75, 3.05) is 39.5 Å². The molecule has 1 aromatic rings. The van der Waals surface area contributed by atoms with E-state index in [9.17, 15) is 0 Å². The zero-order chi connectivity index (χ0) is 12.1. The summed E-state index contributed by atoms with van der Waals surface area (Å²) in [5, 5.41) is 0.675. The standard InChI is InChI=1S/C12H15BrClNO2/c13-11-2-1-10(9-12(11)14)17-8-5-15-3-6-16-7-4-15/h1-2,9H,3-8H2. The van der Waals surface area contributed by atoms with Crippen LogP contribution in [0.1, 0.15) is 0 Å². The van der Waals surface area contributed by atoms with Crippen molar-refractivity contribution in [1.82, 2.24) is 4.90 Å². The molecule has 0 atom stereocenters. The highest BCUT2D eigenvalue weighted by atomic mass is 79.9. The molecule has 1 fully saturated rings. The van der Waals surface area contributed by atoms with Gasteiger partial charge in [0.05, 0.1) is 18.2 Å². The van der Waals surface area contributed by atoms with Gasteiger partial charge in [-0.3, -0.25) is 4.90 Å². The van der Waals surface area contributed by atoms with E-state index in [-0.39, 0.29) is 0 Å². The Hall–Kier alpha value is -0.290. The van der Waals surface area contributed by atoms with Gasteiger partial charge in [-0.1, -0.05) is 11.6 Å². The molecule has 1 aliphatic rings. The van der Waals surface area contributed by atoms with Gasteiger partial charge in [-0.05, 0) is 34.1 Å². The summed E-state index contributed by atoms with van der Waals surface area (Å²) in [5.41, 5.74) is 0. The van der Waals surface area contributed by atoms with Gasteiger partial charge in [-0.25, -0.2) is 0 Å². The summed E-state index contributed by atoms with van der Waals surface area (Å²) >= 11 is 9.34. The summed E-state index contributed by atoms with van der Waals surface area (Å²) in [6.45, 7) is 5.23. The number of morpholine rings is 1. The Bertz CT molecular complexity index is 370. The lowest BCUT2D eigenvalue weighted by Gasteiger charge is -2.26. The van der Waals surface area contributed by atoms with Crippen LogP contribution in [0.5, 0.6) is 5.75 Å². The highest BCUT2D eigenvalue weighted by Gasteiger charge is 2.09. The molecule has 1 aliphatic heterocycles. The van der Waals surface area contributed by atoms with E-state index < -0.39 is 0 Å². The summed E-state index contributed by atoms with van der Waals surface area (Å²) in [6.07, 6.45) is 0. The van der Waals surface area contributed by atoms with Gasteiger partial charge in [0.1, 0.15) is 12.4 Å². The summed E-state index contributed by atoms with van der Waals surface area (Å²) in [6, 6.07) is 5.63. The molecule has 1 aromatic carbocycles. The van der Waals surface area contributed by atoms with E-state index in [2.05, 4.69) is 20.8 Å². The Morgan fingerprint density at radius 2 is 2.12 bits per heavy atom. The third kappa shape index (κ3) is 4.14. The molecule has 0 aromatic heterocycles. The number of hydrogen-bond acceptors (Lipinski definition) is 3. The molecule has 1 heterocycles. The van der Waals surface area contributed by atoms with Crippen LogP contribution in [-0.2, 0) is 4.74 Å². The van der Waals surface area contributed by atoms with Gasteiger partial charge in [0.25, 0.3) is 0 Å². The monoisotopic (exact) mass is 319 g/mol. The first-order chi connectivity index (χ1) is 8.25. The number of hydrogen-bond donors (Lipinski definition) is 0. The van der Waals surface area contributed by atoms with Crippen LogP contribution in [0.3, 0.4) is 0 Å². The van der Waals surface area contributed by atoms with Crippen LogP contribution in [-0.4, -0.2) is 44.4 Å². The van der Waals surface area contributed by atoms with Crippen molar-refractivity contribution in [2.45, 2.75) is 0 Å². The molecule has 94 valence electrons. The molecule has 17 heavy (non-hydrogen) atoms. The summed E-state index contributed by atoms with van der Waals surface area (Å²) in [7, 11) is 0. The first-order valence-corrected chi connectivity index (χ1v) is 6.81. The molecular formula is C12H15BrClNO2. The number of ether oxygens (including phenoxy) is 2. The molecule has 0 unspecified atom stereocenters. The van der Waals surface area contributed by atoms with Crippen molar-refractivity contribution in [3.8, 4) is 5.75 Å². The molecule has 0 aliphatic carbocycles. The van der Waals surface area contributed by atoms with Crippen LogP contribution in [0.4, 0.5) is 0 Å². The molecule has 5 heteroatoms. The highest BCUT2D eigenvalue weighted by Crippen LogP contribution is 2.26. The molecule has 1 saturated heterocycles. The quantitative estimate of drug-likeness (QED) is 0.851. The Morgan fingerprint density at radius 3 is 2.82 bits per heavy atom. The third-order valence-electron chi connectivity index (χ3n) is 2.67. The van der Waals surface area contributed by atoms with Gasteiger partial charge in [-0.2, -0.15) is 0 Å². The second-order valence-corrected chi connectivity index (χ2v) is 5.14. The summed E-state index contributed by atoms with van der Waals surface area (Å²) in [5.74, 6) is 0.812.